The lowest BCUT2D eigenvalue weighted by Gasteiger charge is -2.68. The summed E-state index contributed by atoms with van der Waals surface area (Å²) in [6.45, 7) is 17.4. The summed E-state index contributed by atoms with van der Waals surface area (Å²) in [6.07, 6.45) is 0.420. The van der Waals surface area contributed by atoms with Gasteiger partial charge in [0.1, 0.15) is 17.5 Å². The molecule has 0 radical (unpaired) electrons. The van der Waals surface area contributed by atoms with Gasteiger partial charge in [0.2, 0.25) is 0 Å². The van der Waals surface area contributed by atoms with Crippen molar-refractivity contribution in [2.75, 3.05) is 6.61 Å². The van der Waals surface area contributed by atoms with E-state index in [0.717, 1.165) is 6.42 Å². The highest BCUT2D eigenvalue weighted by Gasteiger charge is 2.74. The lowest BCUT2D eigenvalue weighted by Crippen LogP contribution is -2.77. The second-order valence-electron chi connectivity index (χ2n) is 13.2. The second kappa shape index (κ2) is 8.01. The van der Waals surface area contributed by atoms with Crippen LogP contribution >= 0.6 is 0 Å². The summed E-state index contributed by atoms with van der Waals surface area (Å²) in [5, 5.41) is 12.2. The molecular weight excluding hydrogens is 452 g/mol. The molecule has 3 fully saturated rings. The molecule has 2 unspecified atom stereocenters. The van der Waals surface area contributed by atoms with Crippen molar-refractivity contribution in [2.24, 2.45) is 39.9 Å². The first-order chi connectivity index (χ1) is 16.7. The van der Waals surface area contributed by atoms with Crippen LogP contribution in [0.25, 0.3) is 0 Å². The van der Waals surface area contributed by atoms with Gasteiger partial charge in [0.15, 0.2) is 0 Å². The average molecular weight is 495 g/mol. The molecule has 1 aromatic rings. The molecule has 0 amide bonds. The number of esters is 1. The van der Waals surface area contributed by atoms with Crippen molar-refractivity contribution in [3.63, 3.8) is 0 Å². The Bertz CT molecular complexity index is 1120. The largest absolute Gasteiger partial charge is 0.458 e. The Kier molecular flexibility index (Phi) is 5.71. The van der Waals surface area contributed by atoms with E-state index in [9.17, 15) is 14.7 Å². The maximum absolute atomic E-state index is 14.6. The number of ketones is 1. The number of hydrogen-bond donors (Lipinski definition) is 1. The number of Topliss-reactive ketones (excluding diaryl/α,β-unsaturated/α-hetero) is 1. The van der Waals surface area contributed by atoms with Crippen LogP contribution in [0.15, 0.2) is 41.5 Å². The smallest absolute Gasteiger partial charge is 0.338 e. The molecule has 1 aromatic carbocycles. The molecule has 0 aromatic heterocycles. The van der Waals surface area contributed by atoms with Gasteiger partial charge in [-0.15, -0.1) is 0 Å². The molecule has 5 heteroatoms. The zero-order chi connectivity index (χ0) is 26.4. The first kappa shape index (κ1) is 25.7. The van der Waals surface area contributed by atoms with Gasteiger partial charge in [-0.1, -0.05) is 77.8 Å². The fourth-order valence-corrected chi connectivity index (χ4v) is 8.68. The maximum Gasteiger partial charge on any atom is 0.338 e. The van der Waals surface area contributed by atoms with Gasteiger partial charge in [-0.3, -0.25) is 4.79 Å². The molecule has 1 aliphatic heterocycles. The third-order valence-electron chi connectivity index (χ3n) is 11.4. The molecular formula is C31H42O5. The van der Waals surface area contributed by atoms with Crippen molar-refractivity contribution >= 4 is 11.8 Å². The number of allylic oxidation sites excluding steroid dienone is 2. The maximum atomic E-state index is 14.6. The lowest BCUT2D eigenvalue weighted by molar-refractivity contribution is -0.330. The number of benzene rings is 1. The number of carbonyl (C=O) groups excluding carboxylic acids is 2. The Balaban J connectivity index is 1.78. The Hall–Kier alpha value is -1.98. The zero-order valence-corrected chi connectivity index (χ0v) is 23.1. The predicted octanol–water partition coefficient (Wildman–Crippen LogP) is 5.61. The van der Waals surface area contributed by atoms with Gasteiger partial charge in [0, 0.05) is 22.7 Å². The third-order valence-corrected chi connectivity index (χ3v) is 11.4. The van der Waals surface area contributed by atoms with Crippen molar-refractivity contribution < 1.29 is 24.2 Å². The molecule has 5 nitrogen and oxygen atoms in total. The molecule has 1 saturated heterocycles. The highest BCUT2D eigenvalue weighted by atomic mass is 16.6. The second-order valence-corrected chi connectivity index (χ2v) is 13.2. The van der Waals surface area contributed by atoms with Crippen LogP contribution in [0.4, 0.5) is 0 Å². The normalized spacial score (nSPS) is 45.5. The molecule has 2 bridgehead atoms. The summed E-state index contributed by atoms with van der Waals surface area (Å²) >= 11 is 0. The molecule has 1 heterocycles. The number of rotatable bonds is 2. The highest BCUT2D eigenvalue weighted by molar-refractivity contribution is 5.92. The number of hydrogen-bond acceptors (Lipinski definition) is 5. The van der Waals surface area contributed by atoms with Crippen LogP contribution in [0, 0.1) is 39.9 Å². The Morgan fingerprint density at radius 2 is 1.72 bits per heavy atom. The van der Waals surface area contributed by atoms with Gasteiger partial charge in [0.25, 0.3) is 0 Å². The summed E-state index contributed by atoms with van der Waals surface area (Å²) in [5.41, 5.74) is -0.0525. The lowest BCUT2D eigenvalue weighted by atomic mass is 9.40. The molecule has 1 N–H and O–H groups in total. The first-order valence-corrected chi connectivity index (χ1v) is 13.6. The summed E-state index contributed by atoms with van der Waals surface area (Å²) in [6, 6.07) is 9.05. The van der Waals surface area contributed by atoms with E-state index in [1.807, 2.05) is 25.1 Å². The number of ether oxygens (including phenoxy) is 2. The van der Waals surface area contributed by atoms with E-state index < -0.39 is 39.8 Å². The molecule has 2 saturated carbocycles. The summed E-state index contributed by atoms with van der Waals surface area (Å²) < 4.78 is 12.5. The third kappa shape index (κ3) is 3.08. The van der Waals surface area contributed by atoms with Crippen LogP contribution in [0.3, 0.4) is 0 Å². The van der Waals surface area contributed by atoms with Gasteiger partial charge >= 0.3 is 5.97 Å². The van der Waals surface area contributed by atoms with E-state index in [1.165, 1.54) is 11.1 Å². The van der Waals surface area contributed by atoms with Crippen LogP contribution in [0.5, 0.6) is 0 Å². The molecule has 3 aliphatic carbocycles. The topological polar surface area (TPSA) is 72.8 Å². The molecule has 0 spiro atoms. The van der Waals surface area contributed by atoms with Crippen molar-refractivity contribution in [1.29, 1.82) is 0 Å². The minimum Gasteiger partial charge on any atom is -0.458 e. The van der Waals surface area contributed by atoms with E-state index in [4.69, 9.17) is 9.47 Å². The molecule has 36 heavy (non-hydrogen) atoms. The molecule has 9 atom stereocenters. The Labute approximate surface area is 215 Å². The van der Waals surface area contributed by atoms with E-state index in [1.54, 1.807) is 12.1 Å². The van der Waals surface area contributed by atoms with E-state index in [2.05, 4.69) is 48.5 Å². The Morgan fingerprint density at radius 1 is 1.08 bits per heavy atom. The Morgan fingerprint density at radius 3 is 2.31 bits per heavy atom. The monoisotopic (exact) mass is 494 g/mol. The van der Waals surface area contributed by atoms with Crippen molar-refractivity contribution in [3.05, 3.63) is 47.0 Å². The summed E-state index contributed by atoms with van der Waals surface area (Å²) in [7, 11) is 0. The minimum atomic E-state index is -1.21. The van der Waals surface area contributed by atoms with E-state index in [0.29, 0.717) is 12.0 Å². The average Bonchev–Trinajstić information content (AvgIpc) is 2.83. The van der Waals surface area contributed by atoms with E-state index >= 15 is 0 Å². The zero-order valence-electron chi connectivity index (χ0n) is 23.1. The van der Waals surface area contributed by atoms with Gasteiger partial charge in [-0.2, -0.15) is 0 Å². The molecule has 5 rings (SSSR count). The number of fused-ring (bicyclic) bond motifs is 5. The standard InChI is InChI=1S/C31H42O5/c1-17-15-29(7)26(36-27(33)21-12-10-9-11-13-21)24-30(8,18(2)14-22-31(24,34)16-35-22)25(32)20(4)23(19(17)3)28(29,5)6/h9-13,17-18,20,22,24,26,34H,14-16H2,1-8H3/t17-,18-,20+,22?,24?,26-,29-,30+,31-/m0/s1. The van der Waals surface area contributed by atoms with Crippen molar-refractivity contribution in [2.45, 2.75) is 86.0 Å². The predicted molar refractivity (Wildman–Crippen MR) is 138 cm³/mol. The van der Waals surface area contributed by atoms with E-state index in [-0.39, 0.29) is 36.2 Å². The van der Waals surface area contributed by atoms with Crippen LogP contribution in [-0.2, 0) is 14.3 Å². The van der Waals surface area contributed by atoms with Gasteiger partial charge < -0.3 is 14.6 Å². The van der Waals surface area contributed by atoms with Gasteiger partial charge in [-0.25, -0.2) is 4.79 Å². The fourth-order valence-electron chi connectivity index (χ4n) is 8.68. The number of carbonyl (C=O) groups is 2. The van der Waals surface area contributed by atoms with Crippen molar-refractivity contribution in [1.82, 2.24) is 0 Å². The SMILES string of the molecule is CC1=C2[C@@H](C)C(=O)[C@@]3(C)C([C@H](OC(=O)c4ccccc4)[C@](C)(C[C@@H]1C)C2(C)C)[C@]1(O)COC1C[C@@H]3C. The quantitative estimate of drug-likeness (QED) is 0.427. The van der Waals surface area contributed by atoms with Crippen molar-refractivity contribution in [3.8, 4) is 0 Å². The minimum absolute atomic E-state index is 0.0233. The van der Waals surface area contributed by atoms with Crippen LogP contribution in [-0.4, -0.2) is 41.3 Å². The molecule has 196 valence electrons. The first-order valence-electron chi connectivity index (χ1n) is 13.6. The van der Waals surface area contributed by atoms with Gasteiger partial charge in [0.05, 0.1) is 18.3 Å². The van der Waals surface area contributed by atoms with Crippen LogP contribution < -0.4 is 0 Å². The van der Waals surface area contributed by atoms with Gasteiger partial charge in [-0.05, 0) is 49.1 Å². The van der Waals surface area contributed by atoms with Crippen LogP contribution in [0.1, 0.15) is 78.6 Å². The summed E-state index contributed by atoms with van der Waals surface area (Å²) in [4.78, 5) is 28.3. The highest BCUT2D eigenvalue weighted by Crippen LogP contribution is 2.68. The molecule has 4 aliphatic rings. The fraction of sp³-hybridized carbons (Fsp3) is 0.677. The van der Waals surface area contributed by atoms with Crippen LogP contribution in [0.2, 0.25) is 0 Å². The number of aliphatic hydroxyl groups is 1. The summed E-state index contributed by atoms with van der Waals surface area (Å²) in [5.74, 6) is -0.877.